The van der Waals surface area contributed by atoms with Crippen molar-refractivity contribution in [1.82, 2.24) is 0 Å². The molecule has 0 aliphatic carbocycles. The molecule has 0 bridgehead atoms. The van der Waals surface area contributed by atoms with Crippen LogP contribution in [0, 0.1) is 0 Å². The van der Waals surface area contributed by atoms with Crippen molar-refractivity contribution < 1.29 is 4.74 Å². The van der Waals surface area contributed by atoms with Crippen LogP contribution in [0.15, 0.2) is 18.2 Å². The highest BCUT2D eigenvalue weighted by molar-refractivity contribution is 5.48. The average molecular weight is 249 g/mol. The topological polar surface area (TPSA) is 35.2 Å². The summed E-state index contributed by atoms with van der Waals surface area (Å²) < 4.78 is 5.95. The van der Waals surface area contributed by atoms with Crippen LogP contribution >= 0.6 is 0 Å². The Morgan fingerprint density at radius 2 is 1.39 bits per heavy atom. The van der Waals surface area contributed by atoms with E-state index in [4.69, 9.17) is 10.5 Å². The molecule has 0 aromatic heterocycles. The maximum Gasteiger partial charge on any atom is 0.126 e. The van der Waals surface area contributed by atoms with Gasteiger partial charge in [0.15, 0.2) is 0 Å². The van der Waals surface area contributed by atoms with Gasteiger partial charge in [-0.3, -0.25) is 0 Å². The lowest BCUT2D eigenvalue weighted by molar-refractivity contribution is 0.309. The molecule has 0 radical (unpaired) electrons. The Bertz CT molecular complexity index is 364. The molecular weight excluding hydrogens is 222 g/mol. The van der Waals surface area contributed by atoms with E-state index in [2.05, 4.69) is 59.7 Å². The van der Waals surface area contributed by atoms with Crippen LogP contribution < -0.4 is 10.5 Å². The molecule has 1 aromatic rings. The minimum absolute atomic E-state index is 0.0746. The van der Waals surface area contributed by atoms with E-state index in [0.717, 1.165) is 5.75 Å². The van der Waals surface area contributed by atoms with Gasteiger partial charge in [-0.15, -0.1) is 0 Å². The standard InChI is InChI=1S/C16H27NO/c1-15(2,3)12-8-7-9-13(16(4,5)6)14(12)18-11-10-17/h7-9H,10-11,17H2,1-6H3. The fourth-order valence-corrected chi connectivity index (χ4v) is 2.03. The van der Waals surface area contributed by atoms with Crippen molar-refractivity contribution in [3.05, 3.63) is 29.3 Å². The van der Waals surface area contributed by atoms with E-state index < -0.39 is 0 Å². The lowest BCUT2D eigenvalue weighted by Crippen LogP contribution is -2.21. The summed E-state index contributed by atoms with van der Waals surface area (Å²) in [5.74, 6) is 1.02. The minimum atomic E-state index is 0.0746. The van der Waals surface area contributed by atoms with Crippen LogP contribution in [0.1, 0.15) is 52.7 Å². The molecule has 1 aromatic carbocycles. The van der Waals surface area contributed by atoms with Crippen molar-refractivity contribution in [2.45, 2.75) is 52.4 Å². The SMILES string of the molecule is CC(C)(C)c1cccc(C(C)(C)C)c1OCCN. The highest BCUT2D eigenvalue weighted by Crippen LogP contribution is 2.39. The Labute approximate surface area is 112 Å². The largest absolute Gasteiger partial charge is 0.492 e. The first-order valence-corrected chi connectivity index (χ1v) is 6.65. The van der Waals surface area contributed by atoms with Gasteiger partial charge >= 0.3 is 0 Å². The number of hydrogen-bond acceptors (Lipinski definition) is 2. The van der Waals surface area contributed by atoms with E-state index in [1.54, 1.807) is 0 Å². The second-order valence-electron chi connectivity index (χ2n) is 6.82. The molecule has 0 aliphatic rings. The summed E-state index contributed by atoms with van der Waals surface area (Å²) in [5, 5.41) is 0. The van der Waals surface area contributed by atoms with Crippen molar-refractivity contribution in [2.75, 3.05) is 13.2 Å². The average Bonchev–Trinajstić information content (AvgIpc) is 2.23. The Morgan fingerprint density at radius 3 is 1.72 bits per heavy atom. The Kier molecular flexibility index (Phi) is 4.44. The first kappa shape index (κ1) is 15.0. The van der Waals surface area contributed by atoms with Gasteiger partial charge in [-0.2, -0.15) is 0 Å². The van der Waals surface area contributed by atoms with Crippen LogP contribution in [0.25, 0.3) is 0 Å². The highest BCUT2D eigenvalue weighted by Gasteiger charge is 2.26. The minimum Gasteiger partial charge on any atom is -0.492 e. The zero-order chi connectivity index (χ0) is 14.0. The van der Waals surface area contributed by atoms with E-state index in [-0.39, 0.29) is 10.8 Å². The molecule has 2 N–H and O–H groups in total. The fraction of sp³-hybridized carbons (Fsp3) is 0.625. The van der Waals surface area contributed by atoms with Gasteiger partial charge < -0.3 is 10.5 Å². The Morgan fingerprint density at radius 1 is 0.944 bits per heavy atom. The van der Waals surface area contributed by atoms with E-state index in [1.165, 1.54) is 11.1 Å². The summed E-state index contributed by atoms with van der Waals surface area (Å²) in [6, 6.07) is 6.43. The second kappa shape index (κ2) is 5.31. The summed E-state index contributed by atoms with van der Waals surface area (Å²) >= 11 is 0. The van der Waals surface area contributed by atoms with Crippen molar-refractivity contribution >= 4 is 0 Å². The Balaban J connectivity index is 3.35. The zero-order valence-electron chi connectivity index (χ0n) is 12.6. The predicted octanol–water partition coefficient (Wildman–Crippen LogP) is 3.62. The zero-order valence-corrected chi connectivity index (χ0v) is 12.6. The lowest BCUT2D eigenvalue weighted by atomic mass is 9.79. The summed E-state index contributed by atoms with van der Waals surface area (Å²) in [7, 11) is 0. The molecule has 102 valence electrons. The summed E-state index contributed by atoms with van der Waals surface area (Å²) in [6.45, 7) is 14.4. The number of para-hydroxylation sites is 1. The molecule has 0 atom stereocenters. The van der Waals surface area contributed by atoms with Crippen molar-refractivity contribution in [2.24, 2.45) is 5.73 Å². The van der Waals surface area contributed by atoms with Gasteiger partial charge in [-0.05, 0) is 22.0 Å². The van der Waals surface area contributed by atoms with Crippen LogP contribution in [0.5, 0.6) is 5.75 Å². The van der Waals surface area contributed by atoms with E-state index in [0.29, 0.717) is 13.2 Å². The molecular formula is C16H27NO. The second-order valence-corrected chi connectivity index (χ2v) is 6.82. The molecule has 0 aliphatic heterocycles. The van der Waals surface area contributed by atoms with Gasteiger partial charge in [0.2, 0.25) is 0 Å². The quantitative estimate of drug-likeness (QED) is 0.888. The third kappa shape index (κ3) is 3.49. The third-order valence-electron chi connectivity index (χ3n) is 3.00. The molecule has 0 spiro atoms. The van der Waals surface area contributed by atoms with Crippen LogP contribution in [0.2, 0.25) is 0 Å². The molecule has 0 unspecified atom stereocenters. The molecule has 0 heterocycles. The normalized spacial score (nSPS) is 12.6. The monoisotopic (exact) mass is 249 g/mol. The van der Waals surface area contributed by atoms with Gasteiger partial charge in [0.1, 0.15) is 12.4 Å². The number of benzene rings is 1. The first-order valence-electron chi connectivity index (χ1n) is 6.65. The molecule has 2 nitrogen and oxygen atoms in total. The van der Waals surface area contributed by atoms with Crippen molar-refractivity contribution in [3.63, 3.8) is 0 Å². The molecule has 2 heteroatoms. The fourth-order valence-electron chi connectivity index (χ4n) is 2.03. The molecule has 0 saturated carbocycles. The maximum absolute atomic E-state index is 5.95. The van der Waals surface area contributed by atoms with E-state index in [1.807, 2.05) is 0 Å². The van der Waals surface area contributed by atoms with Gasteiger partial charge in [-0.25, -0.2) is 0 Å². The number of ether oxygens (including phenoxy) is 1. The molecule has 0 saturated heterocycles. The molecule has 0 fully saturated rings. The summed E-state index contributed by atoms with van der Waals surface area (Å²) in [5.41, 5.74) is 8.23. The van der Waals surface area contributed by atoms with Crippen LogP contribution in [-0.2, 0) is 10.8 Å². The smallest absolute Gasteiger partial charge is 0.126 e. The van der Waals surface area contributed by atoms with E-state index in [9.17, 15) is 0 Å². The summed E-state index contributed by atoms with van der Waals surface area (Å²) in [6.07, 6.45) is 0. The summed E-state index contributed by atoms with van der Waals surface area (Å²) in [4.78, 5) is 0. The van der Waals surface area contributed by atoms with Crippen molar-refractivity contribution in [3.8, 4) is 5.75 Å². The first-order chi connectivity index (χ1) is 8.18. The van der Waals surface area contributed by atoms with Crippen molar-refractivity contribution in [1.29, 1.82) is 0 Å². The van der Waals surface area contributed by atoms with Crippen LogP contribution in [0.4, 0.5) is 0 Å². The van der Waals surface area contributed by atoms with E-state index >= 15 is 0 Å². The predicted molar refractivity (Wildman–Crippen MR) is 78.4 cm³/mol. The lowest BCUT2D eigenvalue weighted by Gasteiger charge is -2.29. The number of rotatable bonds is 3. The number of hydrogen-bond donors (Lipinski definition) is 1. The molecule has 1 rings (SSSR count). The van der Waals surface area contributed by atoms with Crippen LogP contribution in [0.3, 0.4) is 0 Å². The highest BCUT2D eigenvalue weighted by atomic mass is 16.5. The van der Waals surface area contributed by atoms with Crippen LogP contribution in [-0.4, -0.2) is 13.2 Å². The van der Waals surface area contributed by atoms with Gasteiger partial charge in [-0.1, -0.05) is 59.7 Å². The van der Waals surface area contributed by atoms with Gasteiger partial charge in [0.05, 0.1) is 0 Å². The third-order valence-corrected chi connectivity index (χ3v) is 3.00. The molecule has 0 amide bonds. The molecule has 18 heavy (non-hydrogen) atoms. The van der Waals surface area contributed by atoms with Gasteiger partial charge in [0.25, 0.3) is 0 Å². The maximum atomic E-state index is 5.95. The Hall–Kier alpha value is -1.02. The van der Waals surface area contributed by atoms with Gasteiger partial charge in [0, 0.05) is 6.54 Å². The number of nitrogens with two attached hydrogens (primary N) is 1.